The van der Waals surface area contributed by atoms with Crippen molar-refractivity contribution in [3.05, 3.63) is 76.6 Å². The summed E-state index contributed by atoms with van der Waals surface area (Å²) in [6.07, 6.45) is 6.17. The third kappa shape index (κ3) is 4.70. The Morgan fingerprint density at radius 3 is 2.57 bits per heavy atom. The molecule has 0 unspecified atom stereocenters. The molecule has 0 atom stereocenters. The van der Waals surface area contributed by atoms with Crippen molar-refractivity contribution in [2.24, 2.45) is 0 Å². The number of fused-ring (bicyclic) bond motifs is 3. The van der Waals surface area contributed by atoms with Gasteiger partial charge in [0, 0.05) is 30.7 Å². The molecule has 2 aromatic carbocycles. The van der Waals surface area contributed by atoms with E-state index >= 15 is 0 Å². The first kappa shape index (κ1) is 24.9. The lowest BCUT2D eigenvalue weighted by Crippen LogP contribution is -2.27. The lowest BCUT2D eigenvalue weighted by molar-refractivity contribution is 0.289. The second-order valence-electron chi connectivity index (χ2n) is 8.87. The van der Waals surface area contributed by atoms with Gasteiger partial charge in [0.2, 0.25) is 11.8 Å². The van der Waals surface area contributed by atoms with E-state index < -0.39 is 0 Å². The van der Waals surface area contributed by atoms with Crippen LogP contribution < -0.4 is 0 Å². The van der Waals surface area contributed by atoms with Crippen molar-refractivity contribution >= 4 is 46.2 Å². The molecular formula is C29H31N5O2S. The van der Waals surface area contributed by atoms with Crippen molar-refractivity contribution in [3.8, 4) is 11.7 Å². The largest absolute Gasteiger partial charge is 0.493 e. The minimum atomic E-state index is 0.0373. The third-order valence-electron chi connectivity index (χ3n) is 6.81. The van der Waals surface area contributed by atoms with Gasteiger partial charge in [0.05, 0.1) is 0 Å². The number of aromatic nitrogens is 4. The van der Waals surface area contributed by atoms with Crippen molar-refractivity contribution in [2.75, 3.05) is 19.6 Å². The van der Waals surface area contributed by atoms with Crippen LogP contribution in [0.5, 0.6) is 5.88 Å². The number of hydrogen-bond donors (Lipinski definition) is 1. The maximum Gasteiger partial charge on any atom is 0.223 e. The quantitative estimate of drug-likeness (QED) is 0.228. The standard InChI is InChI=1S/C29H31N5O2S/c1-4-20-19-21-11-7-8-12-22(21)27-26(20)31-25(36-27)15-14-23-28(35)34(24-13-9-10-16-30-24)29(37)33(23)18-17-32(5-2)6-3/h7-16,19,35H,4-6,17-18H2,1-3H3. The van der Waals surface area contributed by atoms with Crippen molar-refractivity contribution in [1.82, 2.24) is 24.0 Å². The molecule has 0 amide bonds. The van der Waals surface area contributed by atoms with Crippen molar-refractivity contribution in [3.63, 3.8) is 0 Å². The average Bonchev–Trinajstić information content (AvgIpc) is 3.46. The van der Waals surface area contributed by atoms with E-state index in [1.54, 1.807) is 16.8 Å². The zero-order chi connectivity index (χ0) is 25.9. The number of hydrogen-bond acceptors (Lipinski definition) is 6. The summed E-state index contributed by atoms with van der Waals surface area (Å²) in [5, 5.41) is 13.5. The van der Waals surface area contributed by atoms with E-state index in [9.17, 15) is 5.11 Å². The second-order valence-corrected chi connectivity index (χ2v) is 9.23. The highest BCUT2D eigenvalue weighted by Gasteiger charge is 2.18. The van der Waals surface area contributed by atoms with Crippen LogP contribution in [0, 0.1) is 4.77 Å². The number of imidazole rings is 1. The number of pyridine rings is 1. The Morgan fingerprint density at radius 1 is 1.05 bits per heavy atom. The Labute approximate surface area is 221 Å². The van der Waals surface area contributed by atoms with Crippen LogP contribution in [0.4, 0.5) is 0 Å². The summed E-state index contributed by atoms with van der Waals surface area (Å²) < 4.78 is 10.3. The predicted octanol–water partition coefficient (Wildman–Crippen LogP) is 6.48. The molecular weight excluding hydrogens is 482 g/mol. The van der Waals surface area contributed by atoms with Gasteiger partial charge in [0.25, 0.3) is 0 Å². The van der Waals surface area contributed by atoms with Crippen molar-refractivity contribution in [2.45, 2.75) is 33.7 Å². The summed E-state index contributed by atoms with van der Waals surface area (Å²) in [6, 6.07) is 15.9. The normalized spacial score (nSPS) is 12.0. The molecule has 3 aromatic heterocycles. The molecule has 3 heterocycles. The lowest BCUT2D eigenvalue weighted by Gasteiger charge is -2.18. The Kier molecular flexibility index (Phi) is 7.21. The van der Waals surface area contributed by atoms with Gasteiger partial charge in [0.1, 0.15) is 17.0 Å². The first-order valence-corrected chi connectivity index (χ1v) is 13.1. The summed E-state index contributed by atoms with van der Waals surface area (Å²) in [5.74, 6) is 1.09. The van der Waals surface area contributed by atoms with Crippen LogP contribution in [-0.2, 0) is 13.0 Å². The predicted molar refractivity (Wildman–Crippen MR) is 152 cm³/mol. The van der Waals surface area contributed by atoms with Gasteiger partial charge < -0.3 is 19.0 Å². The summed E-state index contributed by atoms with van der Waals surface area (Å²) in [5.41, 5.74) is 3.38. The highest BCUT2D eigenvalue weighted by molar-refractivity contribution is 7.71. The average molecular weight is 514 g/mol. The van der Waals surface area contributed by atoms with E-state index in [0.29, 0.717) is 28.7 Å². The fourth-order valence-electron chi connectivity index (χ4n) is 4.72. The topological polar surface area (TPSA) is 72.2 Å². The zero-order valence-electron chi connectivity index (χ0n) is 21.4. The molecule has 0 fully saturated rings. The van der Waals surface area contributed by atoms with Gasteiger partial charge in [-0.2, -0.15) is 0 Å². The molecule has 0 spiro atoms. The monoisotopic (exact) mass is 513 g/mol. The van der Waals surface area contributed by atoms with Gasteiger partial charge in [0.15, 0.2) is 10.4 Å². The molecule has 0 aliphatic rings. The molecule has 8 heteroatoms. The molecule has 5 aromatic rings. The first-order chi connectivity index (χ1) is 18.0. The van der Waals surface area contributed by atoms with Gasteiger partial charge in [-0.1, -0.05) is 51.1 Å². The minimum absolute atomic E-state index is 0.0373. The smallest absolute Gasteiger partial charge is 0.223 e. The van der Waals surface area contributed by atoms with Gasteiger partial charge in [-0.25, -0.2) is 14.5 Å². The van der Waals surface area contributed by atoms with E-state index in [0.717, 1.165) is 53.5 Å². The van der Waals surface area contributed by atoms with E-state index in [1.807, 2.05) is 41.0 Å². The van der Waals surface area contributed by atoms with Crippen LogP contribution in [-0.4, -0.2) is 48.7 Å². The summed E-state index contributed by atoms with van der Waals surface area (Å²) in [6.45, 7) is 9.73. The number of benzene rings is 2. The fourth-order valence-corrected chi connectivity index (χ4v) is 5.09. The summed E-state index contributed by atoms with van der Waals surface area (Å²) >= 11 is 5.81. The SMILES string of the molecule is CCc1cc2ccccc2c2oc(C=Cc3c(O)n(-c4ccccn4)c(=S)n3CCN(CC)CC)nc12. The van der Waals surface area contributed by atoms with E-state index in [-0.39, 0.29) is 5.88 Å². The molecule has 0 aliphatic carbocycles. The molecule has 37 heavy (non-hydrogen) atoms. The Balaban J connectivity index is 1.60. The van der Waals surface area contributed by atoms with Gasteiger partial charge >= 0.3 is 0 Å². The first-order valence-electron chi connectivity index (χ1n) is 12.7. The van der Waals surface area contributed by atoms with Crippen LogP contribution in [0.2, 0.25) is 0 Å². The molecule has 0 saturated heterocycles. The summed E-state index contributed by atoms with van der Waals surface area (Å²) in [4.78, 5) is 11.5. The van der Waals surface area contributed by atoms with Crippen LogP contribution in [0.25, 0.3) is 39.8 Å². The van der Waals surface area contributed by atoms with Crippen LogP contribution >= 0.6 is 12.2 Å². The van der Waals surface area contributed by atoms with Gasteiger partial charge in [-0.3, -0.25) is 0 Å². The van der Waals surface area contributed by atoms with Crippen molar-refractivity contribution in [1.29, 1.82) is 0 Å². The van der Waals surface area contributed by atoms with Gasteiger partial charge in [-0.15, -0.1) is 0 Å². The highest BCUT2D eigenvalue weighted by Crippen LogP contribution is 2.31. The van der Waals surface area contributed by atoms with E-state index in [4.69, 9.17) is 21.6 Å². The molecule has 0 aliphatic heterocycles. The number of oxazole rings is 1. The third-order valence-corrected chi connectivity index (χ3v) is 7.22. The van der Waals surface area contributed by atoms with Gasteiger partial charge in [-0.05, 0) is 67.0 Å². The highest BCUT2D eigenvalue weighted by atomic mass is 32.1. The fraction of sp³-hybridized carbons (Fsp3) is 0.276. The molecule has 5 rings (SSSR count). The van der Waals surface area contributed by atoms with Crippen LogP contribution in [0.3, 0.4) is 0 Å². The molecule has 0 radical (unpaired) electrons. The Hall–Kier alpha value is -3.75. The Bertz CT molecular complexity index is 1630. The Morgan fingerprint density at radius 2 is 1.84 bits per heavy atom. The number of likely N-dealkylation sites (N-methyl/N-ethyl adjacent to an activating group) is 1. The summed E-state index contributed by atoms with van der Waals surface area (Å²) in [7, 11) is 0. The van der Waals surface area contributed by atoms with Crippen LogP contribution in [0.1, 0.15) is 37.9 Å². The van der Waals surface area contributed by atoms with E-state index in [1.165, 1.54) is 0 Å². The molecule has 1 N–H and O–H groups in total. The maximum atomic E-state index is 11.3. The van der Waals surface area contributed by atoms with Crippen LogP contribution in [0.15, 0.2) is 59.1 Å². The number of nitrogens with zero attached hydrogens (tertiary/aromatic N) is 5. The number of aromatic hydroxyl groups is 1. The maximum absolute atomic E-state index is 11.3. The second kappa shape index (κ2) is 10.7. The zero-order valence-corrected chi connectivity index (χ0v) is 22.2. The van der Waals surface area contributed by atoms with E-state index in [2.05, 4.69) is 48.9 Å². The molecule has 190 valence electrons. The molecule has 0 saturated carbocycles. The van der Waals surface area contributed by atoms with Crippen molar-refractivity contribution < 1.29 is 9.52 Å². The minimum Gasteiger partial charge on any atom is -0.493 e. The molecule has 7 nitrogen and oxygen atoms in total. The number of aryl methyl sites for hydroxylation is 1. The molecule has 0 bridgehead atoms. The number of rotatable bonds is 9. The lowest BCUT2D eigenvalue weighted by atomic mass is 10.0.